The highest BCUT2D eigenvalue weighted by Crippen LogP contribution is 2.13. The molecule has 2 nitrogen and oxygen atoms in total. The lowest BCUT2D eigenvalue weighted by Crippen LogP contribution is -2.00. The Morgan fingerprint density at radius 2 is 2.00 bits per heavy atom. The number of nitrogens with zero attached hydrogens (tertiary/aromatic N) is 1. The number of ether oxygens (including phenoxy) is 1. The number of benzene rings is 1. The highest BCUT2D eigenvalue weighted by Gasteiger charge is 2.03. The van der Waals surface area contributed by atoms with Crippen molar-refractivity contribution < 1.29 is 9.13 Å². The van der Waals surface area contributed by atoms with Gasteiger partial charge in [-0.05, 0) is 31.5 Å². The second-order valence-corrected chi connectivity index (χ2v) is 4.00. The molecule has 0 spiro atoms. The summed E-state index contributed by atoms with van der Waals surface area (Å²) in [5.41, 5.74) is 2.32. The summed E-state index contributed by atoms with van der Waals surface area (Å²) < 4.78 is 19.0. The molecular weight excluding hydrogens is 217 g/mol. The number of aryl methyl sites for hydroxylation is 2. The zero-order valence-corrected chi connectivity index (χ0v) is 9.90. The number of hydrogen-bond acceptors (Lipinski definition) is 2. The van der Waals surface area contributed by atoms with Crippen LogP contribution >= 0.6 is 0 Å². The van der Waals surface area contributed by atoms with Crippen molar-refractivity contribution in [2.45, 2.75) is 20.5 Å². The molecule has 0 fully saturated rings. The van der Waals surface area contributed by atoms with E-state index < -0.39 is 0 Å². The molecule has 3 heteroatoms. The average Bonchev–Trinajstić information content (AvgIpc) is 2.28. The Labute approximate surface area is 100 Å². The van der Waals surface area contributed by atoms with Gasteiger partial charge in [-0.2, -0.15) is 0 Å². The van der Waals surface area contributed by atoms with Crippen LogP contribution in [0.1, 0.15) is 16.8 Å². The van der Waals surface area contributed by atoms with Crippen LogP contribution in [0.3, 0.4) is 0 Å². The van der Waals surface area contributed by atoms with Gasteiger partial charge in [-0.25, -0.2) is 9.37 Å². The summed E-state index contributed by atoms with van der Waals surface area (Å²) in [5, 5.41) is 0. The van der Waals surface area contributed by atoms with Crippen molar-refractivity contribution in [1.82, 2.24) is 4.98 Å². The minimum Gasteiger partial charge on any atom is -0.473 e. The summed E-state index contributed by atoms with van der Waals surface area (Å²) >= 11 is 0. The van der Waals surface area contributed by atoms with E-state index in [1.54, 1.807) is 12.1 Å². The van der Waals surface area contributed by atoms with E-state index in [9.17, 15) is 4.39 Å². The molecule has 1 aromatic carbocycles. The second-order valence-electron chi connectivity index (χ2n) is 4.00. The number of hydrogen-bond donors (Lipinski definition) is 0. The Bertz CT molecular complexity index is 525. The van der Waals surface area contributed by atoms with Gasteiger partial charge in [-0.1, -0.05) is 18.2 Å². The standard InChI is InChI=1S/C14H14FNO/c1-10-6-7-12(13(15)8-10)9-17-14-5-3-4-11(2)16-14/h3-8H,9H2,1-2H3. The third-order valence-electron chi connectivity index (χ3n) is 2.45. The lowest BCUT2D eigenvalue weighted by molar-refractivity contribution is 0.287. The first-order valence-electron chi connectivity index (χ1n) is 5.46. The zero-order valence-electron chi connectivity index (χ0n) is 9.90. The fraction of sp³-hybridized carbons (Fsp3) is 0.214. The fourth-order valence-corrected chi connectivity index (χ4v) is 1.52. The first kappa shape index (κ1) is 11.6. The maximum absolute atomic E-state index is 13.5. The molecule has 0 saturated heterocycles. The highest BCUT2D eigenvalue weighted by molar-refractivity contribution is 5.23. The molecule has 0 unspecified atom stereocenters. The average molecular weight is 231 g/mol. The first-order chi connectivity index (χ1) is 8.15. The van der Waals surface area contributed by atoms with Crippen LogP contribution in [0.25, 0.3) is 0 Å². The molecule has 0 bridgehead atoms. The van der Waals surface area contributed by atoms with Crippen molar-refractivity contribution in [3.05, 3.63) is 59.0 Å². The third-order valence-corrected chi connectivity index (χ3v) is 2.45. The molecule has 2 rings (SSSR count). The molecular formula is C14H14FNO. The van der Waals surface area contributed by atoms with Gasteiger partial charge in [0.25, 0.3) is 0 Å². The number of halogens is 1. The monoisotopic (exact) mass is 231 g/mol. The quantitative estimate of drug-likeness (QED) is 0.807. The fourth-order valence-electron chi connectivity index (χ4n) is 1.52. The minimum atomic E-state index is -0.238. The molecule has 0 aliphatic carbocycles. The van der Waals surface area contributed by atoms with Gasteiger partial charge in [-0.3, -0.25) is 0 Å². The van der Waals surface area contributed by atoms with E-state index in [4.69, 9.17) is 4.74 Å². The molecule has 0 amide bonds. The molecule has 1 aromatic heterocycles. The smallest absolute Gasteiger partial charge is 0.213 e. The Morgan fingerprint density at radius 1 is 1.18 bits per heavy atom. The van der Waals surface area contributed by atoms with Gasteiger partial charge in [-0.15, -0.1) is 0 Å². The van der Waals surface area contributed by atoms with E-state index in [0.717, 1.165) is 11.3 Å². The van der Waals surface area contributed by atoms with Crippen molar-refractivity contribution in [2.24, 2.45) is 0 Å². The molecule has 88 valence electrons. The van der Waals surface area contributed by atoms with E-state index in [-0.39, 0.29) is 12.4 Å². The van der Waals surface area contributed by atoms with E-state index >= 15 is 0 Å². The first-order valence-corrected chi connectivity index (χ1v) is 5.46. The topological polar surface area (TPSA) is 22.1 Å². The van der Waals surface area contributed by atoms with Crippen LogP contribution in [-0.4, -0.2) is 4.98 Å². The second kappa shape index (κ2) is 4.95. The molecule has 0 aliphatic rings. The Hall–Kier alpha value is -1.90. The largest absolute Gasteiger partial charge is 0.473 e. The molecule has 1 heterocycles. The Kier molecular flexibility index (Phi) is 3.38. The normalized spacial score (nSPS) is 10.3. The van der Waals surface area contributed by atoms with Crippen LogP contribution in [0.5, 0.6) is 5.88 Å². The third kappa shape index (κ3) is 3.03. The van der Waals surface area contributed by atoms with E-state index in [1.807, 2.05) is 32.0 Å². The number of aromatic nitrogens is 1. The summed E-state index contributed by atoms with van der Waals surface area (Å²) in [6.07, 6.45) is 0. The van der Waals surface area contributed by atoms with Gasteiger partial charge in [0, 0.05) is 17.3 Å². The van der Waals surface area contributed by atoms with E-state index in [0.29, 0.717) is 11.4 Å². The van der Waals surface area contributed by atoms with Gasteiger partial charge in [0.15, 0.2) is 0 Å². The maximum atomic E-state index is 13.5. The lowest BCUT2D eigenvalue weighted by Gasteiger charge is -2.07. The van der Waals surface area contributed by atoms with Gasteiger partial charge in [0.2, 0.25) is 5.88 Å². The van der Waals surface area contributed by atoms with E-state index in [1.165, 1.54) is 6.07 Å². The van der Waals surface area contributed by atoms with Crippen molar-refractivity contribution in [3.8, 4) is 5.88 Å². The lowest BCUT2D eigenvalue weighted by atomic mass is 10.1. The van der Waals surface area contributed by atoms with Gasteiger partial charge >= 0.3 is 0 Å². The summed E-state index contributed by atoms with van der Waals surface area (Å²) in [6.45, 7) is 3.94. The van der Waals surface area contributed by atoms with Crippen LogP contribution < -0.4 is 4.74 Å². The maximum Gasteiger partial charge on any atom is 0.213 e. The molecule has 0 N–H and O–H groups in total. The molecule has 0 saturated carbocycles. The molecule has 2 aromatic rings. The molecule has 17 heavy (non-hydrogen) atoms. The van der Waals surface area contributed by atoms with Crippen molar-refractivity contribution in [2.75, 3.05) is 0 Å². The predicted molar refractivity (Wildman–Crippen MR) is 64.4 cm³/mol. The highest BCUT2D eigenvalue weighted by atomic mass is 19.1. The van der Waals surface area contributed by atoms with Crippen LogP contribution in [0, 0.1) is 19.7 Å². The molecule has 0 atom stereocenters. The van der Waals surface area contributed by atoms with Crippen LogP contribution in [0.2, 0.25) is 0 Å². The van der Waals surface area contributed by atoms with Crippen LogP contribution in [0.4, 0.5) is 4.39 Å². The number of pyridine rings is 1. The number of rotatable bonds is 3. The van der Waals surface area contributed by atoms with Crippen LogP contribution in [0.15, 0.2) is 36.4 Å². The summed E-state index contributed by atoms with van der Waals surface area (Å²) in [6, 6.07) is 10.6. The summed E-state index contributed by atoms with van der Waals surface area (Å²) in [7, 11) is 0. The molecule has 0 aliphatic heterocycles. The predicted octanol–water partition coefficient (Wildman–Crippen LogP) is 3.42. The van der Waals surface area contributed by atoms with Gasteiger partial charge in [0.1, 0.15) is 12.4 Å². The minimum absolute atomic E-state index is 0.197. The van der Waals surface area contributed by atoms with E-state index in [2.05, 4.69) is 4.98 Å². The van der Waals surface area contributed by atoms with Crippen molar-refractivity contribution >= 4 is 0 Å². The van der Waals surface area contributed by atoms with Crippen molar-refractivity contribution in [1.29, 1.82) is 0 Å². The summed E-state index contributed by atoms with van der Waals surface area (Å²) in [4.78, 5) is 4.19. The summed E-state index contributed by atoms with van der Waals surface area (Å²) in [5.74, 6) is 0.280. The van der Waals surface area contributed by atoms with Gasteiger partial charge < -0.3 is 4.74 Å². The zero-order chi connectivity index (χ0) is 12.3. The van der Waals surface area contributed by atoms with Crippen molar-refractivity contribution in [3.63, 3.8) is 0 Å². The SMILES string of the molecule is Cc1ccc(COc2cccc(C)n2)c(F)c1. The molecule has 0 radical (unpaired) electrons. The Morgan fingerprint density at radius 3 is 2.71 bits per heavy atom. The Balaban J connectivity index is 2.07. The van der Waals surface area contributed by atoms with Crippen LogP contribution in [-0.2, 0) is 6.61 Å². The van der Waals surface area contributed by atoms with Gasteiger partial charge in [0.05, 0.1) is 0 Å².